The summed E-state index contributed by atoms with van der Waals surface area (Å²) in [5.74, 6) is 0.144. The predicted octanol–water partition coefficient (Wildman–Crippen LogP) is 2.99. The fraction of sp³-hybridized carbons (Fsp3) is 0.227. The predicted molar refractivity (Wildman–Crippen MR) is 122 cm³/mol. The molecule has 0 bridgehead atoms. The van der Waals surface area contributed by atoms with Crippen LogP contribution in [0.5, 0.6) is 5.75 Å². The zero-order chi connectivity index (χ0) is 21.8. The van der Waals surface area contributed by atoms with Gasteiger partial charge in [-0.25, -0.2) is 0 Å². The lowest BCUT2D eigenvalue weighted by molar-refractivity contribution is -0.115. The third-order valence-corrected chi connectivity index (χ3v) is 4.21. The van der Waals surface area contributed by atoms with Gasteiger partial charge in [0, 0.05) is 43.2 Å². The Hall–Kier alpha value is -3.23. The number of rotatable bonds is 9. The van der Waals surface area contributed by atoms with Gasteiger partial charge in [0.15, 0.2) is 5.11 Å². The summed E-state index contributed by atoms with van der Waals surface area (Å²) >= 11 is 5.17. The molecule has 0 saturated heterocycles. The number of benzene rings is 2. The van der Waals surface area contributed by atoms with Gasteiger partial charge >= 0.3 is 0 Å². The molecule has 0 spiro atoms. The smallest absolute Gasteiger partial charge is 0.251 e. The number of para-hydroxylation sites is 1. The van der Waals surface area contributed by atoms with Gasteiger partial charge < -0.3 is 20.1 Å². The van der Waals surface area contributed by atoms with Crippen molar-refractivity contribution < 1.29 is 19.1 Å². The molecular weight excluding hydrogens is 402 g/mol. The van der Waals surface area contributed by atoms with Crippen LogP contribution in [0.15, 0.2) is 54.6 Å². The normalized spacial score (nSPS) is 10.5. The quantitative estimate of drug-likeness (QED) is 0.324. The van der Waals surface area contributed by atoms with E-state index in [-0.39, 0.29) is 16.9 Å². The van der Waals surface area contributed by atoms with Crippen molar-refractivity contribution in [1.29, 1.82) is 0 Å². The maximum absolute atomic E-state index is 12.1. The van der Waals surface area contributed by atoms with Crippen LogP contribution < -0.4 is 20.7 Å². The number of hydrogen-bond donors (Lipinski definition) is 3. The number of hydrogen-bond acceptors (Lipinski definition) is 5. The van der Waals surface area contributed by atoms with E-state index in [1.165, 1.54) is 6.08 Å². The zero-order valence-corrected chi connectivity index (χ0v) is 17.8. The van der Waals surface area contributed by atoms with E-state index in [9.17, 15) is 9.59 Å². The third-order valence-electron chi connectivity index (χ3n) is 4.01. The van der Waals surface area contributed by atoms with E-state index in [1.807, 2.05) is 24.3 Å². The Labute approximate surface area is 181 Å². The van der Waals surface area contributed by atoms with E-state index in [4.69, 9.17) is 21.7 Å². The second-order valence-corrected chi connectivity index (χ2v) is 6.61. The lowest BCUT2D eigenvalue weighted by Crippen LogP contribution is -2.32. The van der Waals surface area contributed by atoms with E-state index >= 15 is 0 Å². The van der Waals surface area contributed by atoms with Crippen LogP contribution in [-0.4, -0.2) is 44.3 Å². The van der Waals surface area contributed by atoms with Crippen molar-refractivity contribution in [2.45, 2.75) is 6.42 Å². The lowest BCUT2D eigenvalue weighted by Gasteiger charge is -2.09. The fourth-order valence-corrected chi connectivity index (χ4v) is 2.73. The third kappa shape index (κ3) is 7.65. The van der Waals surface area contributed by atoms with Gasteiger partial charge in [0.25, 0.3) is 5.91 Å². The molecule has 0 fully saturated rings. The van der Waals surface area contributed by atoms with Crippen LogP contribution in [-0.2, 0) is 9.53 Å². The van der Waals surface area contributed by atoms with Crippen molar-refractivity contribution in [2.24, 2.45) is 0 Å². The summed E-state index contributed by atoms with van der Waals surface area (Å²) in [6.07, 6.45) is 3.78. The monoisotopic (exact) mass is 427 g/mol. The molecule has 0 radical (unpaired) electrons. The summed E-state index contributed by atoms with van der Waals surface area (Å²) in [5, 5.41) is 8.46. The van der Waals surface area contributed by atoms with Crippen LogP contribution in [0.3, 0.4) is 0 Å². The van der Waals surface area contributed by atoms with E-state index in [0.29, 0.717) is 30.2 Å². The first-order valence-electron chi connectivity index (χ1n) is 9.33. The summed E-state index contributed by atoms with van der Waals surface area (Å²) in [6, 6.07) is 14.2. The molecule has 2 aromatic carbocycles. The molecule has 0 heterocycles. The maximum atomic E-state index is 12.1. The molecule has 3 N–H and O–H groups in total. The molecule has 0 aromatic heterocycles. The molecule has 2 rings (SSSR count). The van der Waals surface area contributed by atoms with Gasteiger partial charge in [0.2, 0.25) is 5.91 Å². The molecule has 0 aliphatic heterocycles. The Morgan fingerprint density at radius 2 is 1.80 bits per heavy atom. The van der Waals surface area contributed by atoms with Gasteiger partial charge in [0.05, 0.1) is 7.11 Å². The number of carbonyl (C=O) groups is 2. The first kappa shape index (κ1) is 23.1. The lowest BCUT2D eigenvalue weighted by atomic mass is 10.2. The number of anilines is 1. The highest BCUT2D eigenvalue weighted by molar-refractivity contribution is 7.80. The summed E-state index contributed by atoms with van der Waals surface area (Å²) in [5.41, 5.74) is 1.97. The van der Waals surface area contributed by atoms with Crippen molar-refractivity contribution in [3.63, 3.8) is 0 Å². The summed E-state index contributed by atoms with van der Waals surface area (Å²) in [7, 11) is 3.19. The van der Waals surface area contributed by atoms with Crippen molar-refractivity contribution in [2.75, 3.05) is 32.7 Å². The molecule has 8 heteroatoms. The van der Waals surface area contributed by atoms with E-state index in [2.05, 4.69) is 16.0 Å². The topological polar surface area (TPSA) is 88.7 Å². The van der Waals surface area contributed by atoms with Crippen molar-refractivity contribution in [3.8, 4) is 5.75 Å². The largest absolute Gasteiger partial charge is 0.496 e. The molecule has 0 aliphatic carbocycles. The molecule has 2 amide bonds. The Bertz CT molecular complexity index is 898. The summed E-state index contributed by atoms with van der Waals surface area (Å²) in [6.45, 7) is 1.14. The van der Waals surface area contributed by atoms with Crippen molar-refractivity contribution >= 4 is 40.9 Å². The van der Waals surface area contributed by atoms with Crippen molar-refractivity contribution in [1.82, 2.24) is 10.6 Å². The molecule has 2 aromatic rings. The van der Waals surface area contributed by atoms with Crippen LogP contribution in [0, 0.1) is 0 Å². The SMILES string of the molecule is COCCCNC(=O)c1ccc(NC(=S)NC(=O)/C=C/c2ccccc2OC)cc1. The minimum atomic E-state index is -0.370. The summed E-state index contributed by atoms with van der Waals surface area (Å²) in [4.78, 5) is 24.1. The van der Waals surface area contributed by atoms with E-state index < -0.39 is 0 Å². The van der Waals surface area contributed by atoms with Gasteiger partial charge in [0.1, 0.15) is 5.75 Å². The zero-order valence-electron chi connectivity index (χ0n) is 16.9. The minimum absolute atomic E-state index is 0.154. The fourth-order valence-electron chi connectivity index (χ4n) is 2.51. The van der Waals surface area contributed by atoms with E-state index in [1.54, 1.807) is 44.6 Å². The van der Waals surface area contributed by atoms with Gasteiger partial charge in [-0.3, -0.25) is 14.9 Å². The van der Waals surface area contributed by atoms with Crippen LogP contribution >= 0.6 is 12.2 Å². The first-order valence-corrected chi connectivity index (χ1v) is 9.74. The maximum Gasteiger partial charge on any atom is 0.251 e. The Morgan fingerprint density at radius 3 is 2.50 bits per heavy atom. The molecular formula is C22H25N3O4S. The molecule has 0 saturated carbocycles. The standard InChI is InChI=1S/C22H25N3O4S/c1-28-15-5-14-23-21(27)17-8-11-18(12-9-17)24-22(30)25-20(26)13-10-16-6-3-4-7-19(16)29-2/h3-4,6-13H,5,14-15H2,1-2H3,(H,23,27)(H2,24,25,26,30)/b13-10+. The van der Waals surface area contributed by atoms with Crippen LogP contribution in [0.1, 0.15) is 22.3 Å². The molecule has 0 aliphatic rings. The van der Waals surface area contributed by atoms with E-state index in [0.717, 1.165) is 12.0 Å². The Morgan fingerprint density at radius 1 is 1.07 bits per heavy atom. The van der Waals surface area contributed by atoms with Crippen LogP contribution in [0.2, 0.25) is 0 Å². The molecule has 30 heavy (non-hydrogen) atoms. The molecule has 158 valence electrons. The average molecular weight is 428 g/mol. The van der Waals surface area contributed by atoms with Gasteiger partial charge in [-0.15, -0.1) is 0 Å². The highest BCUT2D eigenvalue weighted by atomic mass is 32.1. The highest BCUT2D eigenvalue weighted by Crippen LogP contribution is 2.18. The number of nitrogens with one attached hydrogen (secondary N) is 3. The Balaban J connectivity index is 1.83. The average Bonchev–Trinajstić information content (AvgIpc) is 2.75. The number of ether oxygens (including phenoxy) is 2. The van der Waals surface area contributed by atoms with Crippen LogP contribution in [0.4, 0.5) is 5.69 Å². The molecule has 0 atom stereocenters. The van der Waals surface area contributed by atoms with Gasteiger partial charge in [-0.2, -0.15) is 0 Å². The molecule has 7 nitrogen and oxygen atoms in total. The van der Waals surface area contributed by atoms with Gasteiger partial charge in [-0.05, 0) is 55.0 Å². The number of amides is 2. The van der Waals surface area contributed by atoms with Crippen molar-refractivity contribution in [3.05, 3.63) is 65.7 Å². The number of methoxy groups -OCH3 is 2. The second kappa shape index (κ2) is 12.4. The van der Waals surface area contributed by atoms with Gasteiger partial charge in [-0.1, -0.05) is 18.2 Å². The number of thiocarbonyl (C=S) groups is 1. The van der Waals surface area contributed by atoms with Crippen LogP contribution in [0.25, 0.3) is 6.08 Å². The minimum Gasteiger partial charge on any atom is -0.496 e. The highest BCUT2D eigenvalue weighted by Gasteiger charge is 2.06. The second-order valence-electron chi connectivity index (χ2n) is 6.20. The Kier molecular flexibility index (Phi) is 9.50. The summed E-state index contributed by atoms with van der Waals surface area (Å²) < 4.78 is 10.2. The first-order chi connectivity index (χ1) is 14.5. The number of carbonyl (C=O) groups excluding carboxylic acids is 2. The molecule has 0 unspecified atom stereocenters.